The standard InChI is InChI=1S/C8H11F4N3S/c1-4(2)13-3-5-14-15-7(16-5)8(11,12)6(9)10/h4,6,13H,3H2,1-2H3. The van der Waals surface area contributed by atoms with E-state index in [1.54, 1.807) is 0 Å². The van der Waals surface area contributed by atoms with Crippen LogP contribution in [0.5, 0.6) is 0 Å². The van der Waals surface area contributed by atoms with Gasteiger partial charge in [0.05, 0.1) is 0 Å². The number of hydrogen-bond acceptors (Lipinski definition) is 4. The third-order valence-corrected chi connectivity index (χ3v) is 2.70. The monoisotopic (exact) mass is 257 g/mol. The summed E-state index contributed by atoms with van der Waals surface area (Å²) in [5.41, 5.74) is 0. The summed E-state index contributed by atoms with van der Waals surface area (Å²) in [6, 6.07) is 0.156. The summed E-state index contributed by atoms with van der Waals surface area (Å²) in [7, 11) is 0. The molecule has 1 N–H and O–H groups in total. The molecule has 0 saturated heterocycles. The van der Waals surface area contributed by atoms with E-state index < -0.39 is 17.4 Å². The van der Waals surface area contributed by atoms with Crippen molar-refractivity contribution < 1.29 is 17.6 Å². The number of alkyl halides is 4. The molecule has 16 heavy (non-hydrogen) atoms. The Morgan fingerprint density at radius 1 is 1.31 bits per heavy atom. The molecule has 0 saturated carbocycles. The molecule has 3 nitrogen and oxygen atoms in total. The molecule has 0 aliphatic rings. The van der Waals surface area contributed by atoms with Gasteiger partial charge < -0.3 is 5.32 Å². The minimum Gasteiger partial charge on any atom is -0.308 e. The first-order valence-electron chi connectivity index (χ1n) is 4.56. The lowest BCUT2D eigenvalue weighted by Crippen LogP contribution is -2.23. The van der Waals surface area contributed by atoms with Gasteiger partial charge in [-0.25, -0.2) is 8.78 Å². The van der Waals surface area contributed by atoms with E-state index in [1.165, 1.54) is 0 Å². The van der Waals surface area contributed by atoms with Crippen LogP contribution in [0.4, 0.5) is 17.6 Å². The van der Waals surface area contributed by atoms with Crippen LogP contribution in [0.15, 0.2) is 0 Å². The molecule has 0 spiro atoms. The molecule has 1 heterocycles. The third kappa shape index (κ3) is 3.11. The van der Waals surface area contributed by atoms with Crippen molar-refractivity contribution in [3.8, 4) is 0 Å². The van der Waals surface area contributed by atoms with Gasteiger partial charge in [0.15, 0.2) is 5.01 Å². The zero-order valence-corrected chi connectivity index (χ0v) is 9.49. The van der Waals surface area contributed by atoms with E-state index in [0.29, 0.717) is 11.3 Å². The number of nitrogens with zero attached hydrogens (tertiary/aromatic N) is 2. The molecule has 1 aromatic rings. The average Bonchev–Trinajstić information content (AvgIpc) is 2.63. The van der Waals surface area contributed by atoms with Crippen molar-refractivity contribution in [1.29, 1.82) is 0 Å². The Labute approximate surface area is 93.9 Å². The number of nitrogens with one attached hydrogen (secondary N) is 1. The second-order valence-electron chi connectivity index (χ2n) is 3.46. The van der Waals surface area contributed by atoms with Gasteiger partial charge in [-0.3, -0.25) is 0 Å². The lowest BCUT2D eigenvalue weighted by molar-refractivity contribution is -0.135. The van der Waals surface area contributed by atoms with Gasteiger partial charge in [-0.2, -0.15) is 8.78 Å². The molecule has 8 heteroatoms. The Balaban J connectivity index is 2.71. The van der Waals surface area contributed by atoms with Gasteiger partial charge in [-0.15, -0.1) is 10.2 Å². The van der Waals surface area contributed by atoms with Crippen LogP contribution in [0.3, 0.4) is 0 Å². The first-order chi connectivity index (χ1) is 7.34. The van der Waals surface area contributed by atoms with Gasteiger partial charge in [-0.1, -0.05) is 25.2 Å². The molecule has 0 aliphatic carbocycles. The van der Waals surface area contributed by atoms with Gasteiger partial charge in [0.2, 0.25) is 0 Å². The molecule has 0 bridgehead atoms. The lowest BCUT2D eigenvalue weighted by Gasteiger charge is -2.10. The Hall–Kier alpha value is -0.760. The number of aromatic nitrogens is 2. The Morgan fingerprint density at radius 3 is 2.44 bits per heavy atom. The van der Waals surface area contributed by atoms with Crippen molar-refractivity contribution in [2.45, 2.75) is 38.8 Å². The molecule has 0 radical (unpaired) electrons. The predicted octanol–water partition coefficient (Wildman–Crippen LogP) is 2.39. The molecule has 0 aromatic carbocycles. The Morgan fingerprint density at radius 2 is 1.94 bits per heavy atom. The van der Waals surface area contributed by atoms with Gasteiger partial charge in [-0.05, 0) is 0 Å². The van der Waals surface area contributed by atoms with Crippen molar-refractivity contribution >= 4 is 11.3 Å². The Bertz CT molecular complexity index is 340. The van der Waals surface area contributed by atoms with Crippen molar-refractivity contribution in [1.82, 2.24) is 15.5 Å². The maximum absolute atomic E-state index is 12.8. The third-order valence-electron chi connectivity index (χ3n) is 1.69. The van der Waals surface area contributed by atoms with E-state index in [0.717, 1.165) is 0 Å². The van der Waals surface area contributed by atoms with Gasteiger partial charge in [0, 0.05) is 12.6 Å². The first-order valence-corrected chi connectivity index (χ1v) is 5.38. The molecule has 0 fully saturated rings. The summed E-state index contributed by atoms with van der Waals surface area (Å²) in [6.07, 6.45) is -3.76. The smallest absolute Gasteiger partial charge is 0.308 e. The zero-order valence-electron chi connectivity index (χ0n) is 8.68. The van der Waals surface area contributed by atoms with E-state index in [2.05, 4.69) is 15.5 Å². The molecule has 0 aliphatic heterocycles. The summed E-state index contributed by atoms with van der Waals surface area (Å²) >= 11 is 0.495. The topological polar surface area (TPSA) is 37.8 Å². The molecule has 0 unspecified atom stereocenters. The highest BCUT2D eigenvalue weighted by molar-refractivity contribution is 7.11. The number of rotatable bonds is 5. The van der Waals surface area contributed by atoms with Crippen molar-refractivity contribution in [2.24, 2.45) is 0 Å². The van der Waals surface area contributed by atoms with Gasteiger partial charge in [0.25, 0.3) is 0 Å². The second kappa shape index (κ2) is 5.05. The van der Waals surface area contributed by atoms with Crippen LogP contribution in [-0.2, 0) is 12.5 Å². The molecular weight excluding hydrogens is 246 g/mol. The largest absolute Gasteiger partial charge is 0.359 e. The van der Waals surface area contributed by atoms with E-state index >= 15 is 0 Å². The lowest BCUT2D eigenvalue weighted by atomic mass is 10.4. The zero-order chi connectivity index (χ0) is 12.3. The highest BCUT2D eigenvalue weighted by Crippen LogP contribution is 2.35. The minimum absolute atomic E-state index is 0.156. The maximum atomic E-state index is 12.8. The number of hydrogen-bond donors (Lipinski definition) is 1. The van der Waals surface area contributed by atoms with Crippen LogP contribution in [0.1, 0.15) is 23.9 Å². The quantitative estimate of drug-likeness (QED) is 0.823. The van der Waals surface area contributed by atoms with Crippen LogP contribution in [-0.4, -0.2) is 22.7 Å². The molecule has 92 valence electrons. The maximum Gasteiger partial charge on any atom is 0.359 e. The molecule has 1 aromatic heterocycles. The van der Waals surface area contributed by atoms with Crippen LogP contribution >= 0.6 is 11.3 Å². The summed E-state index contributed by atoms with van der Waals surface area (Å²) in [5.74, 6) is -4.21. The van der Waals surface area contributed by atoms with Crippen molar-refractivity contribution in [3.63, 3.8) is 0 Å². The van der Waals surface area contributed by atoms with E-state index in [4.69, 9.17) is 0 Å². The SMILES string of the molecule is CC(C)NCc1nnc(C(F)(F)C(F)F)s1. The van der Waals surface area contributed by atoms with Crippen LogP contribution in [0, 0.1) is 0 Å². The molecular formula is C8H11F4N3S. The highest BCUT2D eigenvalue weighted by Gasteiger charge is 2.46. The van der Waals surface area contributed by atoms with Crippen LogP contribution in [0.25, 0.3) is 0 Å². The first kappa shape index (κ1) is 13.3. The average molecular weight is 257 g/mol. The summed E-state index contributed by atoms with van der Waals surface area (Å²) in [5, 5.41) is 8.77. The van der Waals surface area contributed by atoms with Crippen LogP contribution in [0.2, 0.25) is 0 Å². The molecule has 1 rings (SSSR count). The molecule has 0 atom stereocenters. The van der Waals surface area contributed by atoms with Gasteiger partial charge in [0.1, 0.15) is 5.01 Å². The second-order valence-corrected chi connectivity index (χ2v) is 4.52. The summed E-state index contributed by atoms with van der Waals surface area (Å²) in [6.45, 7) is 3.99. The fraction of sp³-hybridized carbons (Fsp3) is 0.750. The van der Waals surface area contributed by atoms with Crippen molar-refractivity contribution in [3.05, 3.63) is 10.0 Å². The summed E-state index contributed by atoms with van der Waals surface area (Å²) < 4.78 is 49.6. The van der Waals surface area contributed by atoms with Crippen molar-refractivity contribution in [2.75, 3.05) is 0 Å². The minimum atomic E-state index is -4.21. The molecule has 0 amide bonds. The highest BCUT2D eigenvalue weighted by atomic mass is 32.1. The fourth-order valence-electron chi connectivity index (χ4n) is 0.845. The van der Waals surface area contributed by atoms with E-state index in [9.17, 15) is 17.6 Å². The normalized spacial score (nSPS) is 12.8. The van der Waals surface area contributed by atoms with E-state index in [-0.39, 0.29) is 17.6 Å². The Kier molecular flexibility index (Phi) is 4.20. The van der Waals surface area contributed by atoms with E-state index in [1.807, 2.05) is 13.8 Å². The number of halogens is 4. The summed E-state index contributed by atoms with van der Waals surface area (Å²) in [4.78, 5) is 0. The fourth-order valence-corrected chi connectivity index (χ4v) is 1.61. The van der Waals surface area contributed by atoms with Crippen LogP contribution < -0.4 is 5.32 Å². The van der Waals surface area contributed by atoms with Gasteiger partial charge >= 0.3 is 12.3 Å². The predicted molar refractivity (Wildman–Crippen MR) is 51.8 cm³/mol.